The van der Waals surface area contributed by atoms with Gasteiger partial charge in [0.1, 0.15) is 5.75 Å². The second kappa shape index (κ2) is 8.90. The van der Waals surface area contributed by atoms with Gasteiger partial charge in [0.05, 0.1) is 5.69 Å². The molecule has 2 heterocycles. The molecule has 0 aliphatic carbocycles. The van der Waals surface area contributed by atoms with Gasteiger partial charge >= 0.3 is 0 Å². The van der Waals surface area contributed by atoms with E-state index in [4.69, 9.17) is 9.15 Å². The average molecular weight is 411 g/mol. The Morgan fingerprint density at radius 1 is 1.07 bits per heavy atom. The minimum absolute atomic E-state index is 0.248. The highest BCUT2D eigenvalue weighted by atomic mass is 32.2. The minimum atomic E-state index is 0.248. The van der Waals surface area contributed by atoms with Gasteiger partial charge in [-0.2, -0.15) is 0 Å². The molecule has 4 aromatic rings. The van der Waals surface area contributed by atoms with Crippen LogP contribution in [-0.2, 0) is 12.4 Å². The Morgan fingerprint density at radius 3 is 2.71 bits per heavy atom. The van der Waals surface area contributed by atoms with Crippen molar-refractivity contribution in [2.24, 2.45) is 0 Å². The van der Waals surface area contributed by atoms with E-state index in [2.05, 4.69) is 20.5 Å². The Kier molecular flexibility index (Phi) is 5.89. The smallest absolute Gasteiger partial charge is 0.277 e. The summed E-state index contributed by atoms with van der Waals surface area (Å²) in [6.07, 6.45) is 0. The Balaban J connectivity index is 1.27. The summed E-state index contributed by atoms with van der Waals surface area (Å²) in [5.74, 6) is 1.89. The van der Waals surface area contributed by atoms with Gasteiger partial charge in [0.25, 0.3) is 11.1 Å². The average Bonchev–Trinajstić information content (AvgIpc) is 3.36. The zero-order chi connectivity index (χ0) is 19.2. The van der Waals surface area contributed by atoms with Gasteiger partial charge in [-0.15, -0.1) is 21.5 Å². The van der Waals surface area contributed by atoms with Gasteiger partial charge in [0.15, 0.2) is 11.7 Å². The van der Waals surface area contributed by atoms with E-state index >= 15 is 0 Å². The number of para-hydroxylation sites is 1. The predicted molar refractivity (Wildman–Crippen MR) is 111 cm³/mol. The third-order valence-electron chi connectivity index (χ3n) is 3.75. The van der Waals surface area contributed by atoms with Crippen molar-refractivity contribution in [3.63, 3.8) is 0 Å². The lowest BCUT2D eigenvalue weighted by Gasteiger charge is -2.02. The lowest BCUT2D eigenvalue weighted by molar-refractivity contribution is 0.252. The van der Waals surface area contributed by atoms with E-state index in [1.807, 2.05) is 66.9 Å². The maximum atomic E-state index is 5.66. The summed E-state index contributed by atoms with van der Waals surface area (Å²) in [6.45, 7) is 2.28. The summed E-state index contributed by atoms with van der Waals surface area (Å²) in [5, 5.41) is 14.8. The summed E-state index contributed by atoms with van der Waals surface area (Å²) in [7, 11) is 0. The first-order chi connectivity index (χ1) is 13.7. The maximum absolute atomic E-state index is 5.66. The molecular formula is C20H18N4O2S2. The number of aromatic nitrogens is 3. The van der Waals surface area contributed by atoms with Crippen molar-refractivity contribution >= 4 is 33.9 Å². The predicted octanol–water partition coefficient (Wildman–Crippen LogP) is 5.45. The lowest BCUT2D eigenvalue weighted by atomic mass is 10.2. The summed E-state index contributed by atoms with van der Waals surface area (Å²) in [5.41, 5.74) is 3.17. The van der Waals surface area contributed by atoms with Gasteiger partial charge in [0, 0.05) is 16.8 Å². The molecule has 0 unspecified atom stereocenters. The number of anilines is 2. The number of hydrogen-bond acceptors (Lipinski definition) is 8. The van der Waals surface area contributed by atoms with E-state index in [1.165, 1.54) is 17.3 Å². The molecule has 2 aromatic carbocycles. The number of hydrogen-bond donors (Lipinski definition) is 1. The summed E-state index contributed by atoms with van der Waals surface area (Å²) in [6, 6.07) is 17.8. The van der Waals surface area contributed by atoms with Crippen LogP contribution in [0.15, 0.2) is 69.6 Å². The standard InChI is InChI=1S/C20H18N4O2S2/c1-14-7-9-17(10-8-14)25-11-18-23-24-20(26-18)28-13-16-12-27-19(22-16)21-15-5-3-2-4-6-15/h2-10,12H,11,13H2,1H3,(H,21,22). The maximum Gasteiger partial charge on any atom is 0.277 e. The Hall–Kier alpha value is -2.84. The topological polar surface area (TPSA) is 73.1 Å². The van der Waals surface area contributed by atoms with E-state index in [9.17, 15) is 0 Å². The molecule has 0 bridgehead atoms. The number of aryl methyl sites for hydroxylation is 1. The van der Waals surface area contributed by atoms with Crippen LogP contribution in [0.1, 0.15) is 17.1 Å². The van der Waals surface area contributed by atoms with Crippen LogP contribution in [0.5, 0.6) is 5.75 Å². The summed E-state index contributed by atoms with van der Waals surface area (Å²) >= 11 is 3.03. The first kappa shape index (κ1) is 18.5. The Bertz CT molecular complexity index is 1020. The van der Waals surface area contributed by atoms with Crippen LogP contribution >= 0.6 is 23.1 Å². The number of thioether (sulfide) groups is 1. The zero-order valence-electron chi connectivity index (χ0n) is 15.2. The molecule has 0 aliphatic rings. The summed E-state index contributed by atoms with van der Waals surface area (Å²) in [4.78, 5) is 4.58. The molecular weight excluding hydrogens is 392 g/mol. The molecule has 8 heteroatoms. The molecule has 6 nitrogen and oxygen atoms in total. The third-order valence-corrected chi connectivity index (χ3v) is 5.41. The van der Waals surface area contributed by atoms with E-state index < -0.39 is 0 Å². The second-order valence-corrected chi connectivity index (χ2v) is 7.77. The van der Waals surface area contributed by atoms with Crippen LogP contribution in [0.4, 0.5) is 10.8 Å². The molecule has 28 heavy (non-hydrogen) atoms. The molecule has 4 rings (SSSR count). The zero-order valence-corrected chi connectivity index (χ0v) is 16.8. The van der Waals surface area contributed by atoms with E-state index in [0.29, 0.717) is 16.9 Å². The van der Waals surface area contributed by atoms with Crippen LogP contribution in [0.3, 0.4) is 0 Å². The van der Waals surface area contributed by atoms with Crippen LogP contribution in [0, 0.1) is 6.92 Å². The van der Waals surface area contributed by atoms with Crippen LogP contribution in [0.2, 0.25) is 0 Å². The highest BCUT2D eigenvalue weighted by Crippen LogP contribution is 2.26. The fourth-order valence-electron chi connectivity index (χ4n) is 2.35. The van der Waals surface area contributed by atoms with E-state index in [-0.39, 0.29) is 6.61 Å². The fraction of sp³-hybridized carbons (Fsp3) is 0.150. The SMILES string of the molecule is Cc1ccc(OCc2nnc(SCc3csc(Nc4ccccc4)n3)o2)cc1. The van der Waals surface area contributed by atoms with Crippen molar-refractivity contribution in [2.45, 2.75) is 24.5 Å². The van der Waals surface area contributed by atoms with Gasteiger partial charge in [-0.3, -0.25) is 0 Å². The molecule has 0 fully saturated rings. The number of nitrogens with one attached hydrogen (secondary N) is 1. The Labute approximate surface area is 171 Å². The molecule has 0 atom stereocenters. The van der Waals surface area contributed by atoms with Crippen LogP contribution in [-0.4, -0.2) is 15.2 Å². The highest BCUT2D eigenvalue weighted by Gasteiger charge is 2.10. The van der Waals surface area contributed by atoms with Crippen molar-refractivity contribution in [3.05, 3.63) is 77.1 Å². The molecule has 142 valence electrons. The quantitative estimate of drug-likeness (QED) is 0.387. The number of thiazole rings is 1. The van der Waals surface area contributed by atoms with Crippen LogP contribution in [0.25, 0.3) is 0 Å². The van der Waals surface area contributed by atoms with Crippen molar-refractivity contribution < 1.29 is 9.15 Å². The first-order valence-electron chi connectivity index (χ1n) is 8.66. The van der Waals surface area contributed by atoms with E-state index in [0.717, 1.165) is 22.3 Å². The molecule has 1 N–H and O–H groups in total. The normalized spacial score (nSPS) is 10.8. The second-order valence-electron chi connectivity index (χ2n) is 5.99. The van der Waals surface area contributed by atoms with Crippen molar-refractivity contribution in [2.75, 3.05) is 5.32 Å². The molecule has 2 aromatic heterocycles. The molecule has 0 saturated carbocycles. The van der Waals surface area contributed by atoms with Gasteiger partial charge in [-0.25, -0.2) is 4.98 Å². The van der Waals surface area contributed by atoms with Crippen LogP contribution < -0.4 is 10.1 Å². The summed E-state index contributed by atoms with van der Waals surface area (Å²) < 4.78 is 11.3. The van der Waals surface area contributed by atoms with E-state index in [1.54, 1.807) is 11.3 Å². The number of ether oxygens (including phenoxy) is 1. The third kappa shape index (κ3) is 5.11. The largest absolute Gasteiger partial charge is 0.484 e. The van der Waals surface area contributed by atoms with Crippen molar-refractivity contribution in [1.82, 2.24) is 15.2 Å². The number of benzene rings is 2. The molecule has 0 amide bonds. The van der Waals surface area contributed by atoms with Gasteiger partial charge in [-0.05, 0) is 31.2 Å². The molecule has 0 radical (unpaired) electrons. The van der Waals surface area contributed by atoms with Crippen molar-refractivity contribution in [1.29, 1.82) is 0 Å². The monoisotopic (exact) mass is 410 g/mol. The van der Waals surface area contributed by atoms with Gasteiger partial charge in [0.2, 0.25) is 0 Å². The number of rotatable bonds is 8. The first-order valence-corrected chi connectivity index (χ1v) is 10.5. The minimum Gasteiger partial charge on any atom is -0.484 e. The highest BCUT2D eigenvalue weighted by molar-refractivity contribution is 7.98. The molecule has 0 spiro atoms. The Morgan fingerprint density at radius 2 is 1.89 bits per heavy atom. The molecule has 0 aliphatic heterocycles. The van der Waals surface area contributed by atoms with Gasteiger partial charge < -0.3 is 14.5 Å². The lowest BCUT2D eigenvalue weighted by Crippen LogP contribution is -1.95. The van der Waals surface area contributed by atoms with Crippen molar-refractivity contribution in [3.8, 4) is 5.75 Å². The molecule has 0 saturated heterocycles. The fourth-order valence-corrected chi connectivity index (χ4v) is 3.85. The van der Waals surface area contributed by atoms with Gasteiger partial charge in [-0.1, -0.05) is 47.7 Å². The number of nitrogens with zero attached hydrogens (tertiary/aromatic N) is 3.